The van der Waals surface area contributed by atoms with Crippen LogP contribution in [-0.2, 0) is 9.31 Å². The third-order valence-electron chi connectivity index (χ3n) is 4.19. The molecule has 1 N–H and O–H groups in total. The van der Waals surface area contributed by atoms with Crippen molar-refractivity contribution >= 4 is 13.2 Å². The molecule has 1 aromatic heterocycles. The van der Waals surface area contributed by atoms with E-state index >= 15 is 0 Å². The molecule has 1 saturated heterocycles. The van der Waals surface area contributed by atoms with E-state index in [9.17, 15) is 0 Å². The first-order valence-electron chi connectivity index (χ1n) is 7.36. The number of hydrogen-bond donors (Lipinski definition) is 1. The van der Waals surface area contributed by atoms with Gasteiger partial charge in [0.2, 0.25) is 0 Å². The third kappa shape index (κ3) is 3.38. The molecule has 2 rings (SSSR count). The van der Waals surface area contributed by atoms with Crippen molar-refractivity contribution in [2.45, 2.75) is 38.9 Å². The molecule has 0 aliphatic carbocycles. The van der Waals surface area contributed by atoms with Crippen molar-refractivity contribution in [1.82, 2.24) is 10.3 Å². The number of nitrogens with one attached hydrogen (secondary N) is 1. The van der Waals surface area contributed by atoms with Crippen LogP contribution in [-0.4, -0.2) is 36.9 Å². The summed E-state index contributed by atoms with van der Waals surface area (Å²) < 4.78 is 12.2. The maximum Gasteiger partial charge on any atom is 0.491 e. The van der Waals surface area contributed by atoms with Crippen LogP contribution >= 0.6 is 0 Å². The van der Waals surface area contributed by atoms with E-state index in [2.05, 4.69) is 10.3 Å². The zero-order valence-electron chi connectivity index (χ0n) is 13.8. The number of nitriles is 1. The van der Waals surface area contributed by atoms with Crippen LogP contribution in [0.15, 0.2) is 23.8 Å². The van der Waals surface area contributed by atoms with Gasteiger partial charge in [-0.15, -0.1) is 0 Å². The average molecular weight is 299 g/mol. The van der Waals surface area contributed by atoms with Crippen LogP contribution in [0.2, 0.25) is 0 Å². The van der Waals surface area contributed by atoms with E-state index in [-0.39, 0.29) is 11.2 Å². The van der Waals surface area contributed by atoms with Gasteiger partial charge in [0.1, 0.15) is 11.8 Å². The summed E-state index contributed by atoms with van der Waals surface area (Å²) in [4.78, 5) is 4.09. The molecule has 5 nitrogen and oxygen atoms in total. The lowest BCUT2D eigenvalue weighted by Crippen LogP contribution is -2.41. The Hall–Kier alpha value is -1.68. The lowest BCUT2D eigenvalue weighted by Gasteiger charge is -2.32. The Bertz CT molecular complexity index is 587. The van der Waals surface area contributed by atoms with Gasteiger partial charge in [-0.25, -0.2) is 4.98 Å². The zero-order valence-corrected chi connectivity index (χ0v) is 13.8. The molecule has 6 heteroatoms. The first-order valence-corrected chi connectivity index (χ1v) is 7.36. The van der Waals surface area contributed by atoms with Crippen molar-refractivity contribution in [2.24, 2.45) is 0 Å². The van der Waals surface area contributed by atoms with Crippen molar-refractivity contribution in [3.63, 3.8) is 0 Å². The normalized spacial score (nSPS) is 20.0. The van der Waals surface area contributed by atoms with Gasteiger partial charge in [0, 0.05) is 12.7 Å². The van der Waals surface area contributed by atoms with Gasteiger partial charge < -0.3 is 14.6 Å². The van der Waals surface area contributed by atoms with E-state index in [1.165, 1.54) is 0 Å². The minimum absolute atomic E-state index is 0.368. The standard InChI is InChI=1S/C16H22BN3O2/c1-15(2)16(3,4)22-17(21-15)13(11-19-5)8-12-6-7-14(9-18)20-10-12/h6-8,10,19H,11H2,1-5H3. The molecule has 0 amide bonds. The molecule has 1 aliphatic heterocycles. The molecule has 0 radical (unpaired) electrons. The van der Waals surface area contributed by atoms with E-state index in [4.69, 9.17) is 14.6 Å². The molecule has 0 unspecified atom stereocenters. The highest BCUT2D eigenvalue weighted by atomic mass is 16.7. The van der Waals surface area contributed by atoms with E-state index in [0.29, 0.717) is 12.2 Å². The average Bonchev–Trinajstić information content (AvgIpc) is 2.68. The van der Waals surface area contributed by atoms with Crippen molar-refractivity contribution in [1.29, 1.82) is 5.26 Å². The van der Waals surface area contributed by atoms with Gasteiger partial charge in [-0.3, -0.25) is 0 Å². The third-order valence-corrected chi connectivity index (χ3v) is 4.19. The van der Waals surface area contributed by atoms with Gasteiger partial charge in [0.15, 0.2) is 0 Å². The Labute approximate surface area is 132 Å². The lowest BCUT2D eigenvalue weighted by molar-refractivity contribution is 0.00578. The molecule has 1 aliphatic rings. The monoisotopic (exact) mass is 299 g/mol. The summed E-state index contributed by atoms with van der Waals surface area (Å²) in [6.45, 7) is 8.79. The Morgan fingerprint density at radius 1 is 1.32 bits per heavy atom. The SMILES string of the molecule is CNCC(=Cc1ccc(C#N)nc1)B1OC(C)(C)C(C)(C)O1. The van der Waals surface area contributed by atoms with Gasteiger partial charge in [-0.1, -0.05) is 12.1 Å². The van der Waals surface area contributed by atoms with Gasteiger partial charge in [-0.2, -0.15) is 5.26 Å². The van der Waals surface area contributed by atoms with Crippen LogP contribution in [0.3, 0.4) is 0 Å². The van der Waals surface area contributed by atoms with Crippen LogP contribution in [0.1, 0.15) is 39.0 Å². The predicted molar refractivity (Wildman–Crippen MR) is 86.9 cm³/mol. The second-order valence-electron chi connectivity index (χ2n) is 6.43. The van der Waals surface area contributed by atoms with Crippen molar-refractivity contribution in [2.75, 3.05) is 13.6 Å². The number of pyridine rings is 1. The van der Waals surface area contributed by atoms with E-state index < -0.39 is 7.12 Å². The summed E-state index contributed by atoms with van der Waals surface area (Å²) >= 11 is 0. The Kier molecular flexibility index (Phi) is 4.71. The minimum Gasteiger partial charge on any atom is -0.400 e. The van der Waals surface area contributed by atoms with Crippen LogP contribution < -0.4 is 5.32 Å². The first kappa shape index (κ1) is 16.7. The molecule has 1 aromatic rings. The fourth-order valence-electron chi connectivity index (χ4n) is 2.17. The summed E-state index contributed by atoms with van der Waals surface area (Å²) in [6.07, 6.45) is 3.67. The van der Waals surface area contributed by atoms with Gasteiger partial charge in [-0.05, 0) is 51.8 Å². The number of nitrogens with zero attached hydrogens (tertiary/aromatic N) is 2. The Morgan fingerprint density at radius 2 is 1.95 bits per heavy atom. The topological polar surface area (TPSA) is 67.2 Å². The largest absolute Gasteiger partial charge is 0.491 e. The highest BCUT2D eigenvalue weighted by Crippen LogP contribution is 2.38. The van der Waals surface area contributed by atoms with Crippen LogP contribution in [0.4, 0.5) is 0 Å². The maximum absolute atomic E-state index is 8.80. The summed E-state index contributed by atoms with van der Waals surface area (Å²) in [5, 5.41) is 11.9. The highest BCUT2D eigenvalue weighted by Gasteiger charge is 2.52. The second kappa shape index (κ2) is 6.21. The summed E-state index contributed by atoms with van der Waals surface area (Å²) in [5.41, 5.74) is 1.58. The fraction of sp³-hybridized carbons (Fsp3) is 0.500. The van der Waals surface area contributed by atoms with Crippen molar-refractivity contribution in [3.05, 3.63) is 35.1 Å². The van der Waals surface area contributed by atoms with Crippen molar-refractivity contribution < 1.29 is 9.31 Å². The number of hydrogen-bond acceptors (Lipinski definition) is 5. The van der Waals surface area contributed by atoms with Gasteiger partial charge in [0.25, 0.3) is 0 Å². The Morgan fingerprint density at radius 3 is 2.41 bits per heavy atom. The molecule has 1 fully saturated rings. The zero-order chi connectivity index (χ0) is 16.4. The van der Waals surface area contributed by atoms with Crippen LogP contribution in [0.5, 0.6) is 0 Å². The number of rotatable bonds is 4. The molecule has 22 heavy (non-hydrogen) atoms. The molecule has 0 spiro atoms. The summed E-state index contributed by atoms with van der Waals surface area (Å²) in [5.74, 6) is 0. The quantitative estimate of drug-likeness (QED) is 0.863. The molecule has 0 bridgehead atoms. The fourth-order valence-corrected chi connectivity index (χ4v) is 2.17. The molecular formula is C16H22BN3O2. The van der Waals surface area contributed by atoms with Crippen molar-refractivity contribution in [3.8, 4) is 6.07 Å². The second-order valence-corrected chi connectivity index (χ2v) is 6.43. The highest BCUT2D eigenvalue weighted by molar-refractivity contribution is 6.55. The molecule has 0 saturated carbocycles. The molecular weight excluding hydrogens is 277 g/mol. The summed E-state index contributed by atoms with van der Waals surface area (Å²) in [6, 6.07) is 5.58. The van der Waals surface area contributed by atoms with Gasteiger partial charge in [0.05, 0.1) is 11.2 Å². The van der Waals surface area contributed by atoms with E-state index in [0.717, 1.165) is 11.0 Å². The molecule has 2 heterocycles. The van der Waals surface area contributed by atoms with E-state index in [1.54, 1.807) is 12.3 Å². The minimum atomic E-state index is -0.395. The van der Waals surface area contributed by atoms with Crippen LogP contribution in [0.25, 0.3) is 6.08 Å². The predicted octanol–water partition coefficient (Wildman–Crippen LogP) is 2.19. The first-order chi connectivity index (χ1) is 10.3. The number of likely N-dealkylation sites (N-methyl/N-ethyl adjacent to an activating group) is 1. The van der Waals surface area contributed by atoms with Crippen LogP contribution in [0, 0.1) is 11.3 Å². The molecule has 116 valence electrons. The molecule has 0 atom stereocenters. The molecule has 0 aromatic carbocycles. The summed E-state index contributed by atoms with van der Waals surface area (Å²) in [7, 11) is 1.49. The smallest absolute Gasteiger partial charge is 0.400 e. The van der Waals surface area contributed by atoms with Gasteiger partial charge >= 0.3 is 7.12 Å². The maximum atomic E-state index is 8.80. The Balaban J connectivity index is 2.27. The lowest BCUT2D eigenvalue weighted by atomic mass is 9.77. The number of aromatic nitrogens is 1. The van der Waals surface area contributed by atoms with E-state index in [1.807, 2.05) is 53.0 Å².